The van der Waals surface area contributed by atoms with Crippen LogP contribution in [-0.4, -0.2) is 48.6 Å². The lowest BCUT2D eigenvalue weighted by molar-refractivity contribution is -0.134. The topological polar surface area (TPSA) is 96.0 Å². The number of carbonyl (C=O) groups is 4. The molecular weight excluding hydrogens is 470 g/mol. The molecule has 4 rings (SSSR count). The Kier molecular flexibility index (Phi) is 7.12. The van der Waals surface area contributed by atoms with Crippen LogP contribution in [0.15, 0.2) is 72.8 Å². The van der Waals surface area contributed by atoms with Crippen molar-refractivity contribution in [2.45, 2.75) is 6.54 Å². The Morgan fingerprint density at radius 2 is 1.66 bits per heavy atom. The lowest BCUT2D eigenvalue weighted by Crippen LogP contribution is -2.45. The van der Waals surface area contributed by atoms with E-state index < -0.39 is 23.5 Å². The fourth-order valence-electron chi connectivity index (χ4n) is 3.73. The number of Topliss-reactive ketones (excluding diaryl/α,β-unsaturated/α-hetero) is 1. The molecule has 0 aromatic heterocycles. The number of carbonyl (C=O) groups excluding carboxylic acids is 4. The number of rotatable bonds is 8. The molecule has 0 bridgehead atoms. The number of nitrogens with zero attached hydrogens (tertiary/aromatic N) is 2. The van der Waals surface area contributed by atoms with Crippen molar-refractivity contribution < 1.29 is 23.9 Å². The van der Waals surface area contributed by atoms with E-state index >= 15 is 0 Å². The maximum atomic E-state index is 13.3. The van der Waals surface area contributed by atoms with Crippen LogP contribution >= 0.6 is 11.6 Å². The van der Waals surface area contributed by atoms with Crippen molar-refractivity contribution in [3.63, 3.8) is 0 Å². The Bertz CT molecular complexity index is 1270. The Balaban J connectivity index is 1.52. The van der Waals surface area contributed by atoms with Crippen LogP contribution in [0.25, 0.3) is 0 Å². The van der Waals surface area contributed by atoms with E-state index in [1.54, 1.807) is 79.9 Å². The van der Waals surface area contributed by atoms with Gasteiger partial charge in [0.15, 0.2) is 0 Å². The molecule has 1 N–H and O–H groups in total. The third kappa shape index (κ3) is 5.50. The number of fused-ring (bicyclic) bond motifs is 1. The van der Waals surface area contributed by atoms with Gasteiger partial charge in [-0.25, -0.2) is 0 Å². The Hall–Kier alpha value is -4.17. The van der Waals surface area contributed by atoms with Gasteiger partial charge in [0.2, 0.25) is 11.8 Å². The van der Waals surface area contributed by atoms with E-state index in [9.17, 15) is 19.2 Å². The minimum absolute atomic E-state index is 0.115. The highest BCUT2D eigenvalue weighted by Crippen LogP contribution is 2.28. The standard InChI is InChI=1S/C26H22ClN3O5/c1-35-20-12-10-19(11-13-20)28-23(31)15-29(14-17-6-8-18(27)9-7-17)24(32)16-30-22-5-3-2-4-21(22)25(33)26(30)34/h2-13H,14-16H2,1H3,(H,28,31). The number of halogens is 1. The van der Waals surface area contributed by atoms with Gasteiger partial charge in [0.05, 0.1) is 18.4 Å². The Labute approximate surface area is 207 Å². The van der Waals surface area contributed by atoms with Crippen molar-refractivity contribution in [1.29, 1.82) is 0 Å². The second kappa shape index (κ2) is 10.4. The molecule has 35 heavy (non-hydrogen) atoms. The molecule has 0 saturated carbocycles. The van der Waals surface area contributed by atoms with Crippen LogP contribution in [0.3, 0.4) is 0 Å². The van der Waals surface area contributed by atoms with E-state index in [2.05, 4.69) is 5.32 Å². The molecular formula is C26H22ClN3O5. The molecule has 0 fully saturated rings. The molecule has 3 aromatic carbocycles. The highest BCUT2D eigenvalue weighted by Gasteiger charge is 2.37. The summed E-state index contributed by atoms with van der Waals surface area (Å²) in [5.41, 5.74) is 1.94. The Morgan fingerprint density at radius 3 is 2.34 bits per heavy atom. The van der Waals surface area contributed by atoms with Crippen LogP contribution in [0.2, 0.25) is 5.02 Å². The zero-order valence-corrected chi connectivity index (χ0v) is 19.6. The van der Waals surface area contributed by atoms with Crippen molar-refractivity contribution in [2.24, 2.45) is 0 Å². The number of ether oxygens (including phenoxy) is 1. The summed E-state index contributed by atoms with van der Waals surface area (Å²) >= 11 is 5.97. The van der Waals surface area contributed by atoms with Crippen molar-refractivity contribution in [3.8, 4) is 5.75 Å². The highest BCUT2D eigenvalue weighted by atomic mass is 35.5. The summed E-state index contributed by atoms with van der Waals surface area (Å²) in [7, 11) is 1.55. The number of anilines is 2. The third-order valence-electron chi connectivity index (χ3n) is 5.52. The fraction of sp³-hybridized carbons (Fsp3) is 0.154. The summed E-state index contributed by atoms with van der Waals surface area (Å²) in [6.07, 6.45) is 0. The number of benzene rings is 3. The van der Waals surface area contributed by atoms with Crippen molar-refractivity contribution in [3.05, 3.63) is 88.9 Å². The molecule has 178 valence electrons. The first-order valence-corrected chi connectivity index (χ1v) is 11.1. The molecule has 0 radical (unpaired) electrons. The van der Waals surface area contributed by atoms with E-state index in [0.717, 1.165) is 10.5 Å². The average Bonchev–Trinajstić information content (AvgIpc) is 3.10. The summed E-state index contributed by atoms with van der Waals surface area (Å²) in [4.78, 5) is 53.4. The van der Waals surface area contributed by atoms with E-state index in [4.69, 9.17) is 16.3 Å². The smallest absolute Gasteiger partial charge is 0.299 e. The molecule has 0 saturated heterocycles. The number of ketones is 1. The van der Waals surface area contributed by atoms with Gasteiger partial charge in [-0.2, -0.15) is 0 Å². The molecule has 0 spiro atoms. The SMILES string of the molecule is COc1ccc(NC(=O)CN(Cc2ccc(Cl)cc2)C(=O)CN2C(=O)C(=O)c3ccccc32)cc1. The van der Waals surface area contributed by atoms with Crippen LogP contribution in [0.4, 0.5) is 11.4 Å². The highest BCUT2D eigenvalue weighted by molar-refractivity contribution is 6.52. The maximum absolute atomic E-state index is 13.3. The number of amides is 3. The molecule has 0 unspecified atom stereocenters. The molecule has 0 atom stereocenters. The van der Waals surface area contributed by atoms with E-state index in [1.807, 2.05) is 0 Å². The first kappa shape index (κ1) is 24.0. The van der Waals surface area contributed by atoms with Gasteiger partial charge in [-0.15, -0.1) is 0 Å². The largest absolute Gasteiger partial charge is 0.497 e. The third-order valence-corrected chi connectivity index (χ3v) is 5.77. The number of methoxy groups -OCH3 is 1. The number of hydrogen-bond acceptors (Lipinski definition) is 5. The Morgan fingerprint density at radius 1 is 0.971 bits per heavy atom. The zero-order valence-electron chi connectivity index (χ0n) is 18.9. The molecule has 1 aliphatic heterocycles. The van der Waals surface area contributed by atoms with E-state index in [1.165, 1.54) is 4.90 Å². The first-order chi connectivity index (χ1) is 16.9. The summed E-state index contributed by atoms with van der Waals surface area (Å²) < 4.78 is 5.12. The van der Waals surface area contributed by atoms with Gasteiger partial charge in [-0.1, -0.05) is 35.9 Å². The molecule has 9 heteroatoms. The van der Waals surface area contributed by atoms with Gasteiger partial charge >= 0.3 is 0 Å². The quantitative estimate of drug-likeness (QED) is 0.486. The van der Waals surface area contributed by atoms with Crippen molar-refractivity contribution in [2.75, 3.05) is 30.4 Å². The number of para-hydroxylation sites is 1. The molecule has 3 aromatic rings. The second-order valence-electron chi connectivity index (χ2n) is 7.89. The van der Waals surface area contributed by atoms with Crippen LogP contribution < -0.4 is 15.0 Å². The number of hydrogen-bond donors (Lipinski definition) is 1. The van der Waals surface area contributed by atoms with Crippen LogP contribution in [0, 0.1) is 0 Å². The predicted molar refractivity (Wildman–Crippen MR) is 132 cm³/mol. The van der Waals surface area contributed by atoms with Crippen LogP contribution in [0.1, 0.15) is 15.9 Å². The van der Waals surface area contributed by atoms with Gasteiger partial charge in [0.1, 0.15) is 18.8 Å². The minimum Gasteiger partial charge on any atom is -0.497 e. The molecule has 1 heterocycles. The summed E-state index contributed by atoms with van der Waals surface area (Å²) in [5.74, 6) is -1.68. The second-order valence-corrected chi connectivity index (χ2v) is 8.33. The predicted octanol–water partition coefficient (Wildman–Crippen LogP) is 3.55. The summed E-state index contributed by atoms with van der Waals surface area (Å²) in [5, 5.41) is 3.30. The number of nitrogens with one attached hydrogen (secondary N) is 1. The van der Waals surface area contributed by atoms with Crippen molar-refractivity contribution >= 4 is 46.5 Å². The summed E-state index contributed by atoms with van der Waals surface area (Å²) in [6.45, 7) is -0.514. The van der Waals surface area contributed by atoms with Crippen molar-refractivity contribution in [1.82, 2.24) is 4.90 Å². The van der Waals surface area contributed by atoms with Crippen LogP contribution in [0.5, 0.6) is 5.75 Å². The van der Waals surface area contributed by atoms with Gasteiger partial charge in [0, 0.05) is 17.3 Å². The minimum atomic E-state index is -0.770. The van der Waals surface area contributed by atoms with Crippen LogP contribution in [-0.2, 0) is 20.9 Å². The van der Waals surface area contributed by atoms with Gasteiger partial charge in [-0.3, -0.25) is 24.1 Å². The molecule has 8 nitrogen and oxygen atoms in total. The molecule has 0 aliphatic carbocycles. The summed E-state index contributed by atoms with van der Waals surface area (Å²) in [6, 6.07) is 20.2. The van der Waals surface area contributed by atoms with E-state index in [-0.39, 0.29) is 25.2 Å². The van der Waals surface area contributed by atoms with E-state index in [0.29, 0.717) is 22.1 Å². The van der Waals surface area contributed by atoms with Gasteiger partial charge < -0.3 is 15.0 Å². The molecule has 3 amide bonds. The zero-order chi connectivity index (χ0) is 24.9. The lowest BCUT2D eigenvalue weighted by Gasteiger charge is -2.25. The normalized spacial score (nSPS) is 12.3. The monoisotopic (exact) mass is 491 g/mol. The first-order valence-electron chi connectivity index (χ1n) is 10.8. The fourth-order valence-corrected chi connectivity index (χ4v) is 3.86. The maximum Gasteiger partial charge on any atom is 0.299 e. The van der Waals surface area contributed by atoms with Gasteiger partial charge in [0.25, 0.3) is 11.7 Å². The molecule has 1 aliphatic rings. The van der Waals surface area contributed by atoms with Gasteiger partial charge in [-0.05, 0) is 54.1 Å². The average molecular weight is 492 g/mol. The lowest BCUT2D eigenvalue weighted by atomic mass is 10.1.